The molecule has 132 valence electrons. The van der Waals surface area contributed by atoms with Crippen LogP contribution in [0.2, 0.25) is 0 Å². The Labute approximate surface area is 149 Å². The van der Waals surface area contributed by atoms with Gasteiger partial charge in [0, 0.05) is 45.8 Å². The number of carbonyl (C=O) groups excluding carboxylic acids is 1. The van der Waals surface area contributed by atoms with Crippen LogP contribution in [0.1, 0.15) is 31.0 Å². The van der Waals surface area contributed by atoms with Crippen LogP contribution in [-0.4, -0.2) is 42.0 Å². The van der Waals surface area contributed by atoms with Crippen LogP contribution in [0.4, 0.5) is 5.82 Å². The van der Waals surface area contributed by atoms with Crippen molar-refractivity contribution in [3.63, 3.8) is 0 Å². The number of pyridine rings is 1. The van der Waals surface area contributed by atoms with Crippen LogP contribution in [-0.2, 0) is 11.3 Å². The van der Waals surface area contributed by atoms with Gasteiger partial charge in [-0.25, -0.2) is 4.98 Å². The molecule has 1 N–H and O–H groups in total. The van der Waals surface area contributed by atoms with Crippen LogP contribution < -0.4 is 10.2 Å². The number of rotatable bonds is 5. The van der Waals surface area contributed by atoms with E-state index in [0.717, 1.165) is 44.1 Å². The van der Waals surface area contributed by atoms with Gasteiger partial charge in [-0.1, -0.05) is 30.3 Å². The van der Waals surface area contributed by atoms with E-state index in [1.54, 1.807) is 6.92 Å². The minimum atomic E-state index is 0.00218. The summed E-state index contributed by atoms with van der Waals surface area (Å²) in [5, 5.41) is 2.92. The summed E-state index contributed by atoms with van der Waals surface area (Å²) in [4.78, 5) is 20.4. The van der Waals surface area contributed by atoms with Gasteiger partial charge in [0.2, 0.25) is 5.91 Å². The molecule has 1 fully saturated rings. The molecule has 1 atom stereocenters. The monoisotopic (exact) mass is 338 g/mol. The molecule has 1 saturated heterocycles. The first-order chi connectivity index (χ1) is 12.1. The Morgan fingerprint density at radius 2 is 1.84 bits per heavy atom. The Bertz CT molecular complexity index is 679. The first-order valence-corrected chi connectivity index (χ1v) is 8.86. The summed E-state index contributed by atoms with van der Waals surface area (Å²) < 4.78 is 0. The highest BCUT2D eigenvalue weighted by Crippen LogP contribution is 2.17. The maximum Gasteiger partial charge on any atom is 0.217 e. The Kier molecular flexibility index (Phi) is 5.66. The van der Waals surface area contributed by atoms with Crippen molar-refractivity contribution in [3.05, 3.63) is 59.8 Å². The molecule has 1 aliphatic heterocycles. The molecule has 25 heavy (non-hydrogen) atoms. The summed E-state index contributed by atoms with van der Waals surface area (Å²) in [7, 11) is 0. The fourth-order valence-electron chi connectivity index (χ4n) is 3.23. The number of hydrogen-bond acceptors (Lipinski definition) is 4. The Hall–Kier alpha value is -2.40. The van der Waals surface area contributed by atoms with Crippen LogP contribution in [0.3, 0.4) is 0 Å². The molecular formula is C20H26N4O. The second-order valence-corrected chi connectivity index (χ2v) is 6.61. The maximum atomic E-state index is 11.2. The van der Waals surface area contributed by atoms with Gasteiger partial charge in [0.25, 0.3) is 0 Å². The van der Waals surface area contributed by atoms with E-state index in [9.17, 15) is 4.79 Å². The van der Waals surface area contributed by atoms with Gasteiger partial charge in [-0.15, -0.1) is 0 Å². The van der Waals surface area contributed by atoms with Crippen LogP contribution in [0, 0.1) is 0 Å². The van der Waals surface area contributed by atoms with E-state index in [4.69, 9.17) is 0 Å². The SMILES string of the molecule is CC(=O)NC(C)c1ccc(CN2CCN(c3ccccn3)CC2)cc1. The second kappa shape index (κ2) is 8.12. The predicted octanol–water partition coefficient (Wildman–Crippen LogP) is 2.60. The van der Waals surface area contributed by atoms with E-state index in [2.05, 4.69) is 50.4 Å². The summed E-state index contributed by atoms with van der Waals surface area (Å²) in [5.41, 5.74) is 2.45. The van der Waals surface area contributed by atoms with Gasteiger partial charge in [-0.2, -0.15) is 0 Å². The molecule has 1 aromatic carbocycles. The minimum Gasteiger partial charge on any atom is -0.354 e. The van der Waals surface area contributed by atoms with Gasteiger partial charge in [0.15, 0.2) is 0 Å². The number of anilines is 1. The fourth-order valence-corrected chi connectivity index (χ4v) is 3.23. The van der Waals surface area contributed by atoms with Crippen molar-refractivity contribution in [3.8, 4) is 0 Å². The number of aromatic nitrogens is 1. The van der Waals surface area contributed by atoms with Gasteiger partial charge >= 0.3 is 0 Å². The highest BCUT2D eigenvalue weighted by atomic mass is 16.1. The molecule has 1 aromatic heterocycles. The van der Waals surface area contributed by atoms with Crippen molar-refractivity contribution in [1.82, 2.24) is 15.2 Å². The number of benzene rings is 1. The molecule has 0 saturated carbocycles. The molecular weight excluding hydrogens is 312 g/mol. The van der Waals surface area contributed by atoms with Crippen LogP contribution in [0.5, 0.6) is 0 Å². The zero-order valence-electron chi connectivity index (χ0n) is 15.0. The molecule has 2 aromatic rings. The third kappa shape index (κ3) is 4.79. The Morgan fingerprint density at radius 1 is 1.12 bits per heavy atom. The average molecular weight is 338 g/mol. The number of hydrogen-bond donors (Lipinski definition) is 1. The number of amides is 1. The summed E-state index contributed by atoms with van der Waals surface area (Å²) in [5.74, 6) is 1.07. The van der Waals surface area contributed by atoms with Crippen LogP contribution >= 0.6 is 0 Å². The first-order valence-electron chi connectivity index (χ1n) is 8.86. The van der Waals surface area contributed by atoms with Crippen LogP contribution in [0.15, 0.2) is 48.7 Å². The Balaban J connectivity index is 1.51. The highest BCUT2D eigenvalue weighted by Gasteiger charge is 2.18. The molecule has 1 aliphatic rings. The molecule has 5 heteroatoms. The molecule has 3 rings (SSSR count). The normalized spacial score (nSPS) is 16.5. The third-order valence-electron chi connectivity index (χ3n) is 4.65. The maximum absolute atomic E-state index is 11.2. The lowest BCUT2D eigenvalue weighted by molar-refractivity contribution is -0.119. The molecule has 2 heterocycles. The molecule has 1 unspecified atom stereocenters. The van der Waals surface area contributed by atoms with E-state index in [-0.39, 0.29) is 11.9 Å². The molecule has 0 spiro atoms. The quantitative estimate of drug-likeness (QED) is 0.910. The summed E-state index contributed by atoms with van der Waals surface area (Å²) in [6.07, 6.45) is 1.85. The standard InChI is InChI=1S/C20H26N4O/c1-16(22-17(2)25)19-8-6-18(7-9-19)15-23-11-13-24(14-12-23)20-5-3-4-10-21-20/h3-10,16H,11-15H2,1-2H3,(H,22,25). The van der Waals surface area contributed by atoms with Gasteiger partial charge < -0.3 is 10.2 Å². The van der Waals surface area contributed by atoms with Crippen molar-refractivity contribution in [1.29, 1.82) is 0 Å². The molecule has 0 aliphatic carbocycles. The number of nitrogens with zero attached hydrogens (tertiary/aromatic N) is 3. The summed E-state index contributed by atoms with van der Waals surface area (Å²) in [6.45, 7) is 8.62. The zero-order valence-corrected chi connectivity index (χ0v) is 15.0. The zero-order chi connectivity index (χ0) is 17.6. The third-order valence-corrected chi connectivity index (χ3v) is 4.65. The van der Waals surface area contributed by atoms with E-state index >= 15 is 0 Å². The minimum absolute atomic E-state index is 0.00218. The molecule has 5 nitrogen and oxygen atoms in total. The lowest BCUT2D eigenvalue weighted by Crippen LogP contribution is -2.46. The van der Waals surface area contributed by atoms with Gasteiger partial charge in [-0.3, -0.25) is 9.69 Å². The Morgan fingerprint density at radius 3 is 2.44 bits per heavy atom. The highest BCUT2D eigenvalue weighted by molar-refractivity contribution is 5.73. The number of carbonyl (C=O) groups is 1. The topological polar surface area (TPSA) is 48.5 Å². The first kappa shape index (κ1) is 17.4. The van der Waals surface area contributed by atoms with Gasteiger partial charge in [0.1, 0.15) is 5.82 Å². The lowest BCUT2D eigenvalue weighted by atomic mass is 10.1. The average Bonchev–Trinajstić information content (AvgIpc) is 2.63. The van der Waals surface area contributed by atoms with Crippen LogP contribution in [0.25, 0.3) is 0 Å². The van der Waals surface area contributed by atoms with Crippen molar-refractivity contribution in [2.75, 3.05) is 31.1 Å². The van der Waals surface area contributed by atoms with Crippen molar-refractivity contribution < 1.29 is 4.79 Å². The smallest absolute Gasteiger partial charge is 0.217 e. The number of piperazine rings is 1. The van der Waals surface area contributed by atoms with Gasteiger partial charge in [0.05, 0.1) is 6.04 Å². The summed E-state index contributed by atoms with van der Waals surface area (Å²) in [6, 6.07) is 14.7. The van der Waals surface area contributed by atoms with Gasteiger partial charge in [-0.05, 0) is 30.2 Å². The fraction of sp³-hybridized carbons (Fsp3) is 0.400. The lowest BCUT2D eigenvalue weighted by Gasteiger charge is -2.35. The molecule has 0 radical (unpaired) electrons. The molecule has 1 amide bonds. The van der Waals surface area contributed by atoms with E-state index in [0.29, 0.717) is 0 Å². The van der Waals surface area contributed by atoms with Crippen molar-refractivity contribution >= 4 is 11.7 Å². The van der Waals surface area contributed by atoms with Crippen molar-refractivity contribution in [2.24, 2.45) is 0 Å². The van der Waals surface area contributed by atoms with E-state index < -0.39 is 0 Å². The molecule has 0 bridgehead atoms. The largest absolute Gasteiger partial charge is 0.354 e. The predicted molar refractivity (Wildman–Crippen MR) is 100 cm³/mol. The second-order valence-electron chi connectivity index (χ2n) is 6.61. The van der Waals surface area contributed by atoms with E-state index in [1.165, 1.54) is 5.56 Å². The van der Waals surface area contributed by atoms with Crippen molar-refractivity contribution in [2.45, 2.75) is 26.4 Å². The summed E-state index contributed by atoms with van der Waals surface area (Å²) >= 11 is 0. The number of nitrogens with one attached hydrogen (secondary N) is 1. The van der Waals surface area contributed by atoms with E-state index in [1.807, 2.05) is 25.3 Å².